The van der Waals surface area contributed by atoms with Crippen LogP contribution in [0.15, 0.2) is 53.6 Å². The minimum atomic E-state index is -0.542. The number of amides is 1. The Morgan fingerprint density at radius 3 is 2.81 bits per heavy atom. The summed E-state index contributed by atoms with van der Waals surface area (Å²) in [6.45, 7) is 0.413. The second-order valence-electron chi connectivity index (χ2n) is 5.88. The summed E-state index contributed by atoms with van der Waals surface area (Å²) in [5, 5.41) is 23.0. The van der Waals surface area contributed by atoms with Crippen LogP contribution in [0.1, 0.15) is 23.6 Å². The van der Waals surface area contributed by atoms with Crippen molar-refractivity contribution in [3.8, 4) is 5.75 Å². The zero-order valence-electron chi connectivity index (χ0n) is 14.1. The molecular formula is C19H21NO5S. The van der Waals surface area contributed by atoms with Crippen LogP contribution in [-0.4, -0.2) is 35.6 Å². The molecule has 0 saturated heterocycles. The van der Waals surface area contributed by atoms with Crippen molar-refractivity contribution in [1.29, 1.82) is 0 Å². The van der Waals surface area contributed by atoms with Gasteiger partial charge < -0.3 is 25.0 Å². The number of allylic oxidation sites excluding steroid dienone is 1. The summed E-state index contributed by atoms with van der Waals surface area (Å²) in [6, 6.07) is 10.2. The van der Waals surface area contributed by atoms with Gasteiger partial charge in [-0.15, -0.1) is 11.3 Å². The van der Waals surface area contributed by atoms with E-state index in [1.807, 2.05) is 23.6 Å². The number of hydrogen-bond donors (Lipinski definition) is 3. The van der Waals surface area contributed by atoms with E-state index in [1.54, 1.807) is 23.5 Å². The van der Waals surface area contributed by atoms with Gasteiger partial charge in [0.05, 0.1) is 6.61 Å². The fraction of sp³-hybridized carbons (Fsp3) is 0.316. The third-order valence-electron chi connectivity index (χ3n) is 3.92. The van der Waals surface area contributed by atoms with Gasteiger partial charge in [0, 0.05) is 29.5 Å². The highest BCUT2D eigenvalue weighted by atomic mass is 32.1. The highest BCUT2D eigenvalue weighted by Crippen LogP contribution is 2.34. The second kappa shape index (κ2) is 8.84. The first kappa shape index (κ1) is 18.4. The SMILES string of the molecule is O=C(Nc1ccc(O)cc1)C1=C[C@@H](c2cccs2)C[C@@H](OCCCO)O1. The van der Waals surface area contributed by atoms with E-state index in [4.69, 9.17) is 14.6 Å². The van der Waals surface area contributed by atoms with Crippen LogP contribution < -0.4 is 5.32 Å². The van der Waals surface area contributed by atoms with Crippen molar-refractivity contribution in [2.75, 3.05) is 18.5 Å². The van der Waals surface area contributed by atoms with Crippen LogP contribution in [0.3, 0.4) is 0 Å². The number of carbonyl (C=O) groups is 1. The van der Waals surface area contributed by atoms with Gasteiger partial charge in [0.25, 0.3) is 5.91 Å². The minimum absolute atomic E-state index is 0.0310. The minimum Gasteiger partial charge on any atom is -0.508 e. The first-order chi connectivity index (χ1) is 12.7. The third-order valence-corrected chi connectivity index (χ3v) is 4.93. The number of nitrogens with one attached hydrogen (secondary N) is 1. The zero-order chi connectivity index (χ0) is 18.4. The third kappa shape index (κ3) is 4.85. The summed E-state index contributed by atoms with van der Waals surface area (Å²) in [6.07, 6.45) is 2.40. The summed E-state index contributed by atoms with van der Waals surface area (Å²) >= 11 is 1.62. The molecule has 0 radical (unpaired) electrons. The van der Waals surface area contributed by atoms with Crippen molar-refractivity contribution >= 4 is 22.9 Å². The lowest BCUT2D eigenvalue weighted by Crippen LogP contribution is -2.29. The van der Waals surface area contributed by atoms with Gasteiger partial charge in [-0.25, -0.2) is 0 Å². The average molecular weight is 375 g/mol. The molecule has 0 spiro atoms. The maximum atomic E-state index is 12.6. The quantitative estimate of drug-likeness (QED) is 0.511. The number of rotatable bonds is 7. The number of phenols is 1. The number of aliphatic hydroxyl groups excluding tert-OH is 1. The van der Waals surface area contributed by atoms with E-state index in [-0.39, 0.29) is 29.9 Å². The van der Waals surface area contributed by atoms with Crippen LogP contribution in [0.25, 0.3) is 0 Å². The van der Waals surface area contributed by atoms with Crippen molar-refractivity contribution in [2.45, 2.75) is 25.0 Å². The monoisotopic (exact) mass is 375 g/mol. The Hall–Kier alpha value is -2.35. The first-order valence-corrected chi connectivity index (χ1v) is 9.28. The Bertz CT molecular complexity index is 742. The van der Waals surface area contributed by atoms with Gasteiger partial charge in [0.2, 0.25) is 6.29 Å². The molecule has 0 unspecified atom stereocenters. The molecule has 0 fully saturated rings. The Labute approximate surface area is 155 Å². The van der Waals surface area contributed by atoms with E-state index >= 15 is 0 Å². The summed E-state index contributed by atoms with van der Waals surface area (Å²) in [5.41, 5.74) is 0.563. The van der Waals surface area contributed by atoms with Crippen LogP contribution >= 0.6 is 11.3 Å². The molecular weight excluding hydrogens is 354 g/mol. The summed E-state index contributed by atoms with van der Waals surface area (Å²) in [4.78, 5) is 13.7. The summed E-state index contributed by atoms with van der Waals surface area (Å²) in [7, 11) is 0. The molecule has 1 aromatic carbocycles. The largest absolute Gasteiger partial charge is 0.508 e. The molecule has 0 saturated carbocycles. The number of ether oxygens (including phenoxy) is 2. The lowest BCUT2D eigenvalue weighted by molar-refractivity contribution is -0.144. The molecule has 2 aromatic rings. The van der Waals surface area contributed by atoms with Crippen LogP contribution in [0, 0.1) is 0 Å². The lowest BCUT2D eigenvalue weighted by Gasteiger charge is -2.28. The molecule has 2 atom stereocenters. The smallest absolute Gasteiger partial charge is 0.290 e. The second-order valence-corrected chi connectivity index (χ2v) is 6.86. The number of aliphatic hydroxyl groups is 1. The van der Waals surface area contributed by atoms with Crippen LogP contribution in [0.4, 0.5) is 5.69 Å². The highest BCUT2D eigenvalue weighted by molar-refractivity contribution is 7.10. The number of phenolic OH excluding ortho intramolecular Hbond substituents is 1. The molecule has 7 heteroatoms. The topological polar surface area (TPSA) is 88.0 Å². The van der Waals surface area contributed by atoms with Gasteiger partial charge in [-0.05, 0) is 48.2 Å². The first-order valence-electron chi connectivity index (χ1n) is 8.40. The lowest BCUT2D eigenvalue weighted by atomic mass is 9.99. The number of aromatic hydroxyl groups is 1. The average Bonchev–Trinajstić information content (AvgIpc) is 3.18. The Balaban J connectivity index is 1.73. The van der Waals surface area contributed by atoms with Crippen LogP contribution in [0.2, 0.25) is 0 Å². The molecule has 3 rings (SSSR count). The van der Waals surface area contributed by atoms with E-state index < -0.39 is 6.29 Å². The summed E-state index contributed by atoms with van der Waals surface area (Å²) < 4.78 is 11.4. The van der Waals surface area contributed by atoms with Gasteiger partial charge in [-0.3, -0.25) is 4.79 Å². The van der Waals surface area contributed by atoms with E-state index in [2.05, 4.69) is 5.32 Å². The molecule has 1 amide bonds. The molecule has 26 heavy (non-hydrogen) atoms. The molecule has 1 aliphatic heterocycles. The molecule has 138 valence electrons. The number of anilines is 1. The zero-order valence-corrected chi connectivity index (χ0v) is 14.9. The predicted octanol–water partition coefficient (Wildman–Crippen LogP) is 3.21. The van der Waals surface area contributed by atoms with E-state index in [0.717, 1.165) is 4.88 Å². The van der Waals surface area contributed by atoms with Gasteiger partial charge >= 0.3 is 0 Å². The Morgan fingerprint density at radius 2 is 2.12 bits per heavy atom. The normalized spacial score (nSPS) is 19.5. The number of carbonyl (C=O) groups excluding carboxylic acids is 1. The van der Waals surface area contributed by atoms with E-state index in [9.17, 15) is 9.90 Å². The number of benzene rings is 1. The van der Waals surface area contributed by atoms with Crippen molar-refractivity contribution in [3.05, 3.63) is 58.5 Å². The van der Waals surface area contributed by atoms with Crippen LogP contribution in [-0.2, 0) is 14.3 Å². The molecule has 2 heterocycles. The van der Waals surface area contributed by atoms with Gasteiger partial charge in [-0.2, -0.15) is 0 Å². The Morgan fingerprint density at radius 1 is 1.31 bits per heavy atom. The van der Waals surface area contributed by atoms with Crippen molar-refractivity contribution < 1.29 is 24.5 Å². The highest BCUT2D eigenvalue weighted by Gasteiger charge is 2.29. The molecule has 6 nitrogen and oxygen atoms in total. The molecule has 3 N–H and O–H groups in total. The van der Waals surface area contributed by atoms with Gasteiger partial charge in [0.1, 0.15) is 5.75 Å². The Kier molecular flexibility index (Phi) is 6.27. The van der Waals surface area contributed by atoms with Crippen molar-refractivity contribution in [3.63, 3.8) is 0 Å². The number of hydrogen-bond acceptors (Lipinski definition) is 6. The van der Waals surface area contributed by atoms with E-state index in [0.29, 0.717) is 25.1 Å². The van der Waals surface area contributed by atoms with Crippen molar-refractivity contribution in [1.82, 2.24) is 0 Å². The maximum absolute atomic E-state index is 12.6. The number of thiophene rings is 1. The van der Waals surface area contributed by atoms with Gasteiger partial charge in [0.15, 0.2) is 5.76 Å². The molecule has 0 aliphatic carbocycles. The fourth-order valence-electron chi connectivity index (χ4n) is 2.64. The summed E-state index contributed by atoms with van der Waals surface area (Å²) in [5.74, 6) is -0.000824. The standard InChI is InChI=1S/C19H21NO5S/c21-8-2-9-24-18-12-13(17-3-1-10-26-17)11-16(25-18)19(23)20-14-4-6-15(22)7-5-14/h1,3-7,10-11,13,18,21-22H,2,8-9,12H2,(H,20,23)/t13-,18+/m1/s1. The van der Waals surface area contributed by atoms with Crippen LogP contribution in [0.5, 0.6) is 5.75 Å². The predicted molar refractivity (Wildman–Crippen MR) is 99.0 cm³/mol. The molecule has 1 aliphatic rings. The molecule has 1 aromatic heterocycles. The van der Waals surface area contributed by atoms with Crippen molar-refractivity contribution in [2.24, 2.45) is 0 Å². The molecule has 0 bridgehead atoms. The fourth-order valence-corrected chi connectivity index (χ4v) is 3.45. The van der Waals surface area contributed by atoms with Gasteiger partial charge in [-0.1, -0.05) is 6.07 Å². The van der Waals surface area contributed by atoms with E-state index in [1.165, 1.54) is 12.1 Å². The maximum Gasteiger partial charge on any atom is 0.290 e.